The number of phenolic OH excluding ortho intramolecular Hbond substituents is 1. The molecule has 0 unspecified atom stereocenters. The molecule has 1 amide bonds. The van der Waals surface area contributed by atoms with Crippen molar-refractivity contribution in [3.8, 4) is 17.1 Å². The van der Waals surface area contributed by atoms with Gasteiger partial charge in [0.15, 0.2) is 12.0 Å². The highest BCUT2D eigenvalue weighted by Crippen LogP contribution is 2.24. The van der Waals surface area contributed by atoms with E-state index < -0.39 is 5.91 Å². The van der Waals surface area contributed by atoms with E-state index in [2.05, 4.69) is 5.32 Å². The van der Waals surface area contributed by atoms with E-state index in [1.54, 1.807) is 54.6 Å². The minimum atomic E-state index is -0.392. The van der Waals surface area contributed by atoms with Crippen LogP contribution in [0.4, 0.5) is 5.69 Å². The molecular formula is C18H13NO4. The van der Waals surface area contributed by atoms with Crippen molar-refractivity contribution in [1.29, 1.82) is 0 Å². The molecule has 3 aromatic rings. The van der Waals surface area contributed by atoms with Gasteiger partial charge in [0, 0.05) is 11.3 Å². The molecule has 5 nitrogen and oxygen atoms in total. The van der Waals surface area contributed by atoms with Crippen molar-refractivity contribution < 1.29 is 19.1 Å². The number of carbonyl (C=O) groups is 2. The number of hydrogen-bond acceptors (Lipinski definition) is 4. The maximum absolute atomic E-state index is 12.1. The van der Waals surface area contributed by atoms with Crippen molar-refractivity contribution >= 4 is 17.9 Å². The van der Waals surface area contributed by atoms with Crippen LogP contribution in [0.15, 0.2) is 65.1 Å². The summed E-state index contributed by atoms with van der Waals surface area (Å²) in [6.07, 6.45) is 0.643. The SMILES string of the molecule is O=Cc1ccc(-c2ccc(NC(=O)c3ccccc3O)cc2)o1. The smallest absolute Gasteiger partial charge is 0.259 e. The standard InChI is InChI=1S/C18H13NO4/c20-11-14-9-10-17(23-14)12-5-7-13(8-6-12)19-18(22)15-3-1-2-4-16(15)21/h1-11,21H,(H,19,22). The Kier molecular flexibility index (Phi) is 3.93. The summed E-state index contributed by atoms with van der Waals surface area (Å²) >= 11 is 0. The average Bonchev–Trinajstić information content (AvgIpc) is 3.05. The van der Waals surface area contributed by atoms with Crippen molar-refractivity contribution in [3.63, 3.8) is 0 Å². The normalized spacial score (nSPS) is 10.3. The quantitative estimate of drug-likeness (QED) is 0.720. The molecule has 0 fully saturated rings. The highest BCUT2D eigenvalue weighted by atomic mass is 16.3. The molecule has 1 heterocycles. The third-order valence-electron chi connectivity index (χ3n) is 3.32. The number of rotatable bonds is 4. The van der Waals surface area contributed by atoms with Gasteiger partial charge in [-0.15, -0.1) is 0 Å². The van der Waals surface area contributed by atoms with Crippen molar-refractivity contribution in [2.75, 3.05) is 5.32 Å². The van der Waals surface area contributed by atoms with E-state index in [0.717, 1.165) is 5.56 Å². The fraction of sp³-hybridized carbons (Fsp3) is 0. The van der Waals surface area contributed by atoms with Gasteiger partial charge in [0.25, 0.3) is 5.91 Å². The molecule has 114 valence electrons. The topological polar surface area (TPSA) is 79.5 Å². The molecule has 2 aromatic carbocycles. The highest BCUT2D eigenvalue weighted by Gasteiger charge is 2.10. The Bertz CT molecular complexity index is 849. The fourth-order valence-corrected chi connectivity index (χ4v) is 2.15. The minimum Gasteiger partial charge on any atom is -0.507 e. The highest BCUT2D eigenvalue weighted by molar-refractivity contribution is 6.06. The summed E-state index contributed by atoms with van der Waals surface area (Å²) in [6, 6.07) is 16.6. The Morgan fingerprint density at radius 1 is 1.00 bits per heavy atom. The molecule has 0 bridgehead atoms. The first kappa shape index (κ1) is 14.6. The van der Waals surface area contributed by atoms with Crippen LogP contribution in [0.25, 0.3) is 11.3 Å². The van der Waals surface area contributed by atoms with Crippen molar-refractivity contribution in [2.24, 2.45) is 0 Å². The first-order chi connectivity index (χ1) is 11.2. The molecule has 0 radical (unpaired) electrons. The van der Waals surface area contributed by atoms with E-state index in [9.17, 15) is 14.7 Å². The molecule has 1 aromatic heterocycles. The number of amides is 1. The van der Waals surface area contributed by atoms with E-state index in [-0.39, 0.29) is 17.1 Å². The zero-order valence-corrected chi connectivity index (χ0v) is 12.0. The van der Waals surface area contributed by atoms with Gasteiger partial charge in [-0.05, 0) is 48.5 Å². The van der Waals surface area contributed by atoms with Crippen LogP contribution < -0.4 is 5.32 Å². The van der Waals surface area contributed by atoms with Gasteiger partial charge in [-0.2, -0.15) is 0 Å². The van der Waals surface area contributed by atoms with E-state index in [1.807, 2.05) is 0 Å². The Morgan fingerprint density at radius 2 is 1.74 bits per heavy atom. The van der Waals surface area contributed by atoms with E-state index in [0.29, 0.717) is 17.7 Å². The molecule has 3 rings (SSSR count). The second-order valence-electron chi connectivity index (χ2n) is 4.87. The molecule has 0 aliphatic rings. The number of para-hydroxylation sites is 1. The summed E-state index contributed by atoms with van der Waals surface area (Å²) < 4.78 is 5.34. The van der Waals surface area contributed by atoms with E-state index >= 15 is 0 Å². The van der Waals surface area contributed by atoms with Crippen LogP contribution in [0.2, 0.25) is 0 Å². The summed E-state index contributed by atoms with van der Waals surface area (Å²) in [5.74, 6) is 0.373. The minimum absolute atomic E-state index is 0.0707. The van der Waals surface area contributed by atoms with Crippen LogP contribution >= 0.6 is 0 Å². The van der Waals surface area contributed by atoms with Crippen LogP contribution in [0.1, 0.15) is 20.9 Å². The summed E-state index contributed by atoms with van der Waals surface area (Å²) in [5, 5.41) is 12.4. The van der Waals surface area contributed by atoms with Gasteiger partial charge in [0.05, 0.1) is 5.56 Å². The Hall–Kier alpha value is -3.34. The van der Waals surface area contributed by atoms with Gasteiger partial charge in [0.1, 0.15) is 11.5 Å². The van der Waals surface area contributed by atoms with Crippen LogP contribution in [-0.4, -0.2) is 17.3 Å². The summed E-state index contributed by atoms with van der Waals surface area (Å²) in [4.78, 5) is 22.7. The molecular weight excluding hydrogens is 294 g/mol. The maximum Gasteiger partial charge on any atom is 0.259 e. The van der Waals surface area contributed by atoms with Crippen LogP contribution in [0, 0.1) is 0 Å². The number of nitrogens with one attached hydrogen (secondary N) is 1. The molecule has 0 atom stereocenters. The molecule has 0 aliphatic carbocycles. The lowest BCUT2D eigenvalue weighted by Gasteiger charge is -2.07. The number of anilines is 1. The van der Waals surface area contributed by atoms with Gasteiger partial charge >= 0.3 is 0 Å². The molecule has 0 aliphatic heterocycles. The third-order valence-corrected chi connectivity index (χ3v) is 3.32. The molecule has 23 heavy (non-hydrogen) atoms. The van der Waals surface area contributed by atoms with Gasteiger partial charge in [0.2, 0.25) is 0 Å². The van der Waals surface area contributed by atoms with E-state index in [4.69, 9.17) is 4.42 Å². The third kappa shape index (κ3) is 3.13. The van der Waals surface area contributed by atoms with Gasteiger partial charge < -0.3 is 14.8 Å². The first-order valence-corrected chi connectivity index (χ1v) is 6.92. The number of aldehydes is 1. The predicted molar refractivity (Wildman–Crippen MR) is 85.6 cm³/mol. The zero-order valence-electron chi connectivity index (χ0n) is 12.0. The van der Waals surface area contributed by atoms with Gasteiger partial charge in [-0.25, -0.2) is 0 Å². The lowest BCUT2D eigenvalue weighted by molar-refractivity contribution is 0.102. The van der Waals surface area contributed by atoms with Crippen molar-refractivity contribution in [3.05, 3.63) is 72.0 Å². The first-order valence-electron chi connectivity index (χ1n) is 6.92. The van der Waals surface area contributed by atoms with Gasteiger partial charge in [-0.3, -0.25) is 9.59 Å². The lowest BCUT2D eigenvalue weighted by Crippen LogP contribution is -2.11. The number of aromatic hydroxyl groups is 1. The summed E-state index contributed by atoms with van der Waals surface area (Å²) in [5.41, 5.74) is 1.58. The van der Waals surface area contributed by atoms with Crippen molar-refractivity contribution in [2.45, 2.75) is 0 Å². The fourth-order valence-electron chi connectivity index (χ4n) is 2.15. The number of phenols is 1. The van der Waals surface area contributed by atoms with Crippen LogP contribution in [0.3, 0.4) is 0 Å². The number of furan rings is 1. The Morgan fingerprint density at radius 3 is 2.39 bits per heavy atom. The van der Waals surface area contributed by atoms with Crippen LogP contribution in [0.5, 0.6) is 5.75 Å². The zero-order chi connectivity index (χ0) is 16.2. The van der Waals surface area contributed by atoms with E-state index in [1.165, 1.54) is 6.07 Å². The predicted octanol–water partition coefficient (Wildman–Crippen LogP) is 3.72. The summed E-state index contributed by atoms with van der Waals surface area (Å²) in [7, 11) is 0. The molecule has 0 saturated carbocycles. The monoisotopic (exact) mass is 307 g/mol. The van der Waals surface area contributed by atoms with Crippen molar-refractivity contribution in [1.82, 2.24) is 0 Å². The lowest BCUT2D eigenvalue weighted by atomic mass is 10.1. The Balaban J connectivity index is 1.76. The average molecular weight is 307 g/mol. The second-order valence-corrected chi connectivity index (χ2v) is 4.87. The number of benzene rings is 2. The Labute approximate surface area is 132 Å². The van der Waals surface area contributed by atoms with Gasteiger partial charge in [-0.1, -0.05) is 12.1 Å². The second kappa shape index (κ2) is 6.19. The largest absolute Gasteiger partial charge is 0.507 e. The molecule has 2 N–H and O–H groups in total. The molecule has 0 saturated heterocycles. The van der Waals surface area contributed by atoms with Crippen LogP contribution in [-0.2, 0) is 0 Å². The molecule has 5 heteroatoms. The maximum atomic E-state index is 12.1. The molecule has 0 spiro atoms. The number of carbonyl (C=O) groups excluding carboxylic acids is 2. The number of hydrogen-bond donors (Lipinski definition) is 2. The summed E-state index contributed by atoms with van der Waals surface area (Å²) in [6.45, 7) is 0.